The summed E-state index contributed by atoms with van der Waals surface area (Å²) < 4.78 is 12.9. The van der Waals surface area contributed by atoms with Gasteiger partial charge in [0.05, 0.1) is 6.10 Å². The van der Waals surface area contributed by atoms with E-state index >= 15 is 0 Å². The third-order valence-corrected chi connectivity index (χ3v) is 9.04. The summed E-state index contributed by atoms with van der Waals surface area (Å²) in [7, 11) is 0. The average molecular weight is 320 g/mol. The third-order valence-electron chi connectivity index (χ3n) is 9.04. The van der Waals surface area contributed by atoms with E-state index in [1.807, 2.05) is 0 Å². The number of aliphatic hydroxyl groups is 1. The van der Waals surface area contributed by atoms with E-state index in [1.54, 1.807) is 0 Å². The Hall–Kier alpha value is -0.120. The summed E-state index contributed by atoms with van der Waals surface area (Å²) in [5.41, 5.74) is 0.369. The number of aliphatic hydroxyl groups excluding tert-OH is 1. The highest BCUT2D eigenvalue weighted by Crippen LogP contribution is 2.77. The second-order valence-corrected chi connectivity index (χ2v) is 10.3. The molecule has 0 amide bonds. The summed E-state index contributed by atoms with van der Waals surface area (Å²) >= 11 is 0. The fourth-order valence-corrected chi connectivity index (χ4v) is 7.52. The molecule has 8 atom stereocenters. The Balaban J connectivity index is 1.54. The van der Waals surface area contributed by atoms with Gasteiger partial charge in [-0.1, -0.05) is 34.6 Å². The lowest BCUT2D eigenvalue weighted by Crippen LogP contribution is -2.63. The highest BCUT2D eigenvalue weighted by atomic mass is 16.7. The first kappa shape index (κ1) is 15.2. The Morgan fingerprint density at radius 1 is 1.00 bits per heavy atom. The molecule has 130 valence electrons. The molecule has 0 aromatic carbocycles. The fourth-order valence-electron chi connectivity index (χ4n) is 7.52. The second kappa shape index (κ2) is 3.99. The number of ether oxygens (including phenoxy) is 2. The summed E-state index contributed by atoms with van der Waals surface area (Å²) in [5, 5.41) is 10.6. The van der Waals surface area contributed by atoms with E-state index in [1.165, 1.54) is 19.3 Å². The van der Waals surface area contributed by atoms with Crippen LogP contribution in [0.4, 0.5) is 0 Å². The van der Waals surface area contributed by atoms with Crippen molar-refractivity contribution in [3.05, 3.63) is 0 Å². The summed E-state index contributed by atoms with van der Waals surface area (Å²) in [6, 6.07) is 0. The minimum absolute atomic E-state index is 0.000210. The lowest BCUT2D eigenvalue weighted by molar-refractivity contribution is -0.162. The van der Waals surface area contributed by atoms with Crippen molar-refractivity contribution in [3.63, 3.8) is 0 Å². The third kappa shape index (κ3) is 1.46. The van der Waals surface area contributed by atoms with Crippen molar-refractivity contribution in [2.45, 2.75) is 96.2 Å². The predicted octanol–water partition coefficient (Wildman–Crippen LogP) is 3.53. The molecule has 3 aliphatic carbocycles. The normalized spacial score (nSPS) is 62.0. The van der Waals surface area contributed by atoms with E-state index in [0.717, 1.165) is 12.8 Å². The maximum absolute atomic E-state index is 10.6. The molecule has 2 aliphatic heterocycles. The van der Waals surface area contributed by atoms with Crippen LogP contribution in [0.1, 0.15) is 66.7 Å². The molecule has 2 heterocycles. The van der Waals surface area contributed by atoms with Crippen molar-refractivity contribution in [1.29, 1.82) is 0 Å². The van der Waals surface area contributed by atoms with Crippen LogP contribution in [0.5, 0.6) is 0 Å². The summed E-state index contributed by atoms with van der Waals surface area (Å²) in [6.45, 7) is 11.7. The van der Waals surface area contributed by atoms with E-state index in [0.29, 0.717) is 30.0 Å². The van der Waals surface area contributed by atoms with E-state index < -0.39 is 0 Å². The molecule has 23 heavy (non-hydrogen) atoms. The van der Waals surface area contributed by atoms with E-state index in [9.17, 15) is 5.11 Å². The molecule has 0 radical (unpaired) electrons. The van der Waals surface area contributed by atoms with Gasteiger partial charge in [-0.15, -0.1) is 0 Å². The van der Waals surface area contributed by atoms with Crippen molar-refractivity contribution in [1.82, 2.24) is 0 Å². The van der Waals surface area contributed by atoms with Gasteiger partial charge in [0.2, 0.25) is 0 Å². The molecular weight excluding hydrogens is 288 g/mol. The van der Waals surface area contributed by atoms with E-state index in [4.69, 9.17) is 9.47 Å². The molecule has 1 N–H and O–H groups in total. The molecule has 5 rings (SSSR count). The first-order valence-electron chi connectivity index (χ1n) is 9.74. The van der Waals surface area contributed by atoms with Crippen molar-refractivity contribution >= 4 is 0 Å². The van der Waals surface area contributed by atoms with Gasteiger partial charge in [0, 0.05) is 5.41 Å². The molecule has 0 bridgehead atoms. The van der Waals surface area contributed by atoms with Gasteiger partial charge in [0.1, 0.15) is 23.4 Å². The molecule has 2 saturated heterocycles. The van der Waals surface area contributed by atoms with Gasteiger partial charge >= 0.3 is 0 Å². The number of hydrogen-bond donors (Lipinski definition) is 1. The van der Waals surface area contributed by atoms with Crippen molar-refractivity contribution in [2.24, 2.45) is 28.6 Å². The lowest BCUT2D eigenvalue weighted by Gasteiger charge is -2.61. The Bertz CT molecular complexity index is 557. The standard InChI is InChI=1S/C20H32O3/c1-11(2)19-10-12-6-7-13-17(3,4)14(21)8-9-18(13,5)20(12)16(23-20)15(19)22-19/h11-16,21H,6-10H2,1-5H3. The molecule has 3 nitrogen and oxygen atoms in total. The zero-order chi connectivity index (χ0) is 16.4. The Kier molecular flexibility index (Phi) is 2.63. The minimum atomic E-state index is -0.166. The van der Waals surface area contributed by atoms with Crippen molar-refractivity contribution in [2.75, 3.05) is 0 Å². The highest BCUT2D eigenvalue weighted by Gasteiger charge is 2.86. The van der Waals surface area contributed by atoms with Crippen LogP contribution in [0.3, 0.4) is 0 Å². The van der Waals surface area contributed by atoms with Crippen LogP contribution >= 0.6 is 0 Å². The molecule has 3 heteroatoms. The second-order valence-electron chi connectivity index (χ2n) is 10.3. The predicted molar refractivity (Wildman–Crippen MR) is 88.0 cm³/mol. The molecule has 1 spiro atoms. The van der Waals surface area contributed by atoms with E-state index in [2.05, 4.69) is 34.6 Å². The van der Waals surface area contributed by atoms with Crippen LogP contribution in [0, 0.1) is 28.6 Å². The molecule has 5 fully saturated rings. The number of hydrogen-bond acceptors (Lipinski definition) is 3. The van der Waals surface area contributed by atoms with Crippen LogP contribution in [0.2, 0.25) is 0 Å². The quantitative estimate of drug-likeness (QED) is 0.752. The Morgan fingerprint density at radius 2 is 1.74 bits per heavy atom. The average Bonchev–Trinajstić information content (AvgIpc) is 3.32. The smallest absolute Gasteiger partial charge is 0.117 e. The van der Waals surface area contributed by atoms with Gasteiger partial charge in [-0.05, 0) is 55.3 Å². The van der Waals surface area contributed by atoms with Gasteiger partial charge in [0.15, 0.2) is 0 Å². The summed E-state index contributed by atoms with van der Waals surface area (Å²) in [5.74, 6) is 1.80. The summed E-state index contributed by atoms with van der Waals surface area (Å²) in [4.78, 5) is 0. The van der Waals surface area contributed by atoms with Crippen LogP contribution < -0.4 is 0 Å². The zero-order valence-corrected chi connectivity index (χ0v) is 15.3. The number of rotatable bonds is 1. The molecule has 5 aliphatic rings. The number of epoxide rings is 2. The van der Waals surface area contributed by atoms with Crippen molar-refractivity contribution in [3.8, 4) is 0 Å². The van der Waals surface area contributed by atoms with E-state index in [-0.39, 0.29) is 28.1 Å². The molecule has 8 unspecified atom stereocenters. The van der Waals surface area contributed by atoms with Gasteiger partial charge in [0.25, 0.3) is 0 Å². The molecule has 3 saturated carbocycles. The fraction of sp³-hybridized carbons (Fsp3) is 1.00. The Labute approximate surface area is 140 Å². The zero-order valence-electron chi connectivity index (χ0n) is 15.3. The van der Waals surface area contributed by atoms with Crippen LogP contribution in [-0.4, -0.2) is 34.6 Å². The maximum Gasteiger partial charge on any atom is 0.117 e. The molecular formula is C20H32O3. The first-order valence-corrected chi connectivity index (χ1v) is 9.74. The van der Waals surface area contributed by atoms with Crippen LogP contribution in [0.25, 0.3) is 0 Å². The van der Waals surface area contributed by atoms with Gasteiger partial charge in [-0.2, -0.15) is 0 Å². The first-order chi connectivity index (χ1) is 10.7. The van der Waals surface area contributed by atoms with Gasteiger partial charge in [-0.25, -0.2) is 0 Å². The highest BCUT2D eigenvalue weighted by molar-refractivity contribution is 5.33. The van der Waals surface area contributed by atoms with Gasteiger partial charge < -0.3 is 14.6 Å². The SMILES string of the molecule is CC(C)C12CC3CCC4C(C)(C)C(O)CCC4(C)C34OC4C1O2. The molecule has 0 aromatic heterocycles. The largest absolute Gasteiger partial charge is 0.393 e. The molecule has 0 aromatic rings. The van der Waals surface area contributed by atoms with Crippen molar-refractivity contribution < 1.29 is 14.6 Å². The monoisotopic (exact) mass is 320 g/mol. The van der Waals surface area contributed by atoms with Crippen LogP contribution in [-0.2, 0) is 9.47 Å². The Morgan fingerprint density at radius 3 is 2.43 bits per heavy atom. The number of fused-ring (bicyclic) bond motifs is 3. The topological polar surface area (TPSA) is 45.3 Å². The van der Waals surface area contributed by atoms with Crippen LogP contribution in [0.15, 0.2) is 0 Å². The lowest BCUT2D eigenvalue weighted by atomic mass is 9.43. The minimum Gasteiger partial charge on any atom is -0.393 e. The van der Waals surface area contributed by atoms with Gasteiger partial charge in [-0.3, -0.25) is 0 Å². The summed E-state index contributed by atoms with van der Waals surface area (Å²) in [6.07, 6.45) is 6.20. The maximum atomic E-state index is 10.6.